The van der Waals surface area contributed by atoms with Gasteiger partial charge in [-0.1, -0.05) is 24.3 Å². The fourth-order valence-electron chi connectivity index (χ4n) is 2.50. The zero-order valence-corrected chi connectivity index (χ0v) is 10.6. The van der Waals surface area contributed by atoms with Gasteiger partial charge in [-0.15, -0.1) is 0 Å². The molecule has 4 heteroatoms. The van der Waals surface area contributed by atoms with Gasteiger partial charge in [0.2, 0.25) is 0 Å². The Labute approximate surface area is 106 Å². The molecule has 0 radical (unpaired) electrons. The zero-order chi connectivity index (χ0) is 13.1. The first-order chi connectivity index (χ1) is 8.40. The molecular weight excluding hydrogens is 230 g/mol. The van der Waals surface area contributed by atoms with Gasteiger partial charge in [-0.3, -0.25) is 9.69 Å². The predicted octanol–water partition coefficient (Wildman–Crippen LogP) is 2.54. The molecule has 4 nitrogen and oxygen atoms in total. The van der Waals surface area contributed by atoms with Crippen LogP contribution in [0.15, 0.2) is 24.3 Å². The number of amides is 1. The molecule has 1 aliphatic carbocycles. The number of carbonyl (C=O) groups excluding carboxylic acids is 2. The minimum atomic E-state index is -0.531. The molecule has 1 amide bonds. The third-order valence-corrected chi connectivity index (χ3v) is 3.23. The van der Waals surface area contributed by atoms with Gasteiger partial charge in [-0.05, 0) is 26.3 Å². The number of nitrogens with zero attached hydrogens (tertiary/aromatic N) is 1. The van der Waals surface area contributed by atoms with E-state index in [1.807, 2.05) is 45.0 Å². The molecule has 18 heavy (non-hydrogen) atoms. The van der Waals surface area contributed by atoms with E-state index in [1.165, 1.54) is 4.90 Å². The summed E-state index contributed by atoms with van der Waals surface area (Å²) in [4.78, 5) is 25.5. The van der Waals surface area contributed by atoms with Gasteiger partial charge >= 0.3 is 6.09 Å². The fraction of sp³-hybridized carbons (Fsp3) is 0.429. The lowest BCUT2D eigenvalue weighted by molar-refractivity contribution is 0.0384. The number of rotatable bonds is 0. The van der Waals surface area contributed by atoms with Crippen molar-refractivity contribution in [3.8, 4) is 0 Å². The summed E-state index contributed by atoms with van der Waals surface area (Å²) in [6.07, 6.45) is -0.402. The first kappa shape index (κ1) is 11.3. The van der Waals surface area contributed by atoms with E-state index < -0.39 is 11.7 Å². The highest BCUT2D eigenvalue weighted by Crippen LogP contribution is 2.52. The minimum absolute atomic E-state index is 0.0291. The molecule has 3 rings (SSSR count). The van der Waals surface area contributed by atoms with Gasteiger partial charge < -0.3 is 4.74 Å². The van der Waals surface area contributed by atoms with E-state index in [4.69, 9.17) is 4.74 Å². The first-order valence-corrected chi connectivity index (χ1v) is 6.04. The van der Waals surface area contributed by atoms with Crippen molar-refractivity contribution in [1.82, 2.24) is 4.90 Å². The molecule has 0 bridgehead atoms. The predicted molar refractivity (Wildman–Crippen MR) is 65.4 cm³/mol. The molecule has 1 saturated heterocycles. The van der Waals surface area contributed by atoms with Gasteiger partial charge in [0, 0.05) is 5.56 Å². The molecule has 2 aliphatic rings. The highest BCUT2D eigenvalue weighted by atomic mass is 16.6. The second-order valence-corrected chi connectivity index (χ2v) is 5.73. The number of hydrogen-bond donors (Lipinski definition) is 0. The molecule has 2 atom stereocenters. The summed E-state index contributed by atoms with van der Waals surface area (Å²) in [7, 11) is 0. The lowest BCUT2D eigenvalue weighted by Crippen LogP contribution is -2.30. The number of ether oxygens (including phenoxy) is 1. The largest absolute Gasteiger partial charge is 0.444 e. The van der Waals surface area contributed by atoms with Crippen molar-refractivity contribution in [2.45, 2.75) is 38.5 Å². The van der Waals surface area contributed by atoms with Gasteiger partial charge in [-0.2, -0.15) is 0 Å². The third kappa shape index (κ3) is 1.52. The van der Waals surface area contributed by atoms with Gasteiger partial charge in [0.15, 0.2) is 5.78 Å². The van der Waals surface area contributed by atoms with Crippen LogP contribution in [0.2, 0.25) is 0 Å². The van der Waals surface area contributed by atoms with Crippen molar-refractivity contribution in [2.75, 3.05) is 0 Å². The molecule has 0 aromatic heterocycles. The van der Waals surface area contributed by atoms with E-state index in [0.29, 0.717) is 0 Å². The number of ketones is 1. The minimum Gasteiger partial charge on any atom is -0.444 e. The Hall–Kier alpha value is -1.84. The maximum atomic E-state index is 12.1. The SMILES string of the molecule is CC(C)(C)OC(=O)N1C2C(=O)c3ccccc3C21. The van der Waals surface area contributed by atoms with E-state index >= 15 is 0 Å². The van der Waals surface area contributed by atoms with Crippen molar-refractivity contribution in [1.29, 1.82) is 0 Å². The Morgan fingerprint density at radius 1 is 1.22 bits per heavy atom. The average Bonchev–Trinajstić information content (AvgIpc) is 2.94. The molecule has 0 N–H and O–H groups in total. The smallest absolute Gasteiger partial charge is 0.411 e. The van der Waals surface area contributed by atoms with Gasteiger partial charge in [-0.25, -0.2) is 4.79 Å². The average molecular weight is 245 g/mol. The maximum absolute atomic E-state index is 12.1. The second-order valence-electron chi connectivity index (χ2n) is 5.73. The molecule has 1 aliphatic heterocycles. The number of benzene rings is 1. The van der Waals surface area contributed by atoms with Crippen molar-refractivity contribution in [3.63, 3.8) is 0 Å². The van der Waals surface area contributed by atoms with Crippen LogP contribution >= 0.6 is 0 Å². The lowest BCUT2D eigenvalue weighted by Gasteiger charge is -2.21. The van der Waals surface area contributed by atoms with E-state index in [-0.39, 0.29) is 17.9 Å². The van der Waals surface area contributed by atoms with Crippen molar-refractivity contribution < 1.29 is 14.3 Å². The van der Waals surface area contributed by atoms with Gasteiger partial charge in [0.25, 0.3) is 0 Å². The molecule has 1 heterocycles. The van der Waals surface area contributed by atoms with Crippen molar-refractivity contribution in [3.05, 3.63) is 35.4 Å². The topological polar surface area (TPSA) is 46.4 Å². The monoisotopic (exact) mass is 245 g/mol. The third-order valence-electron chi connectivity index (χ3n) is 3.23. The van der Waals surface area contributed by atoms with Crippen LogP contribution in [0.1, 0.15) is 42.7 Å². The van der Waals surface area contributed by atoms with Crippen LogP contribution in [0.5, 0.6) is 0 Å². The Morgan fingerprint density at radius 3 is 2.56 bits per heavy atom. The molecule has 0 saturated carbocycles. The Morgan fingerprint density at radius 2 is 1.89 bits per heavy atom. The van der Waals surface area contributed by atoms with E-state index in [9.17, 15) is 9.59 Å². The second kappa shape index (κ2) is 3.34. The Kier molecular flexibility index (Phi) is 2.09. The summed E-state index contributed by atoms with van der Waals surface area (Å²) >= 11 is 0. The van der Waals surface area contributed by atoms with Crippen LogP contribution in [0.4, 0.5) is 4.79 Å². The molecular formula is C14H15NO3. The molecule has 1 fully saturated rings. The molecule has 1 aromatic carbocycles. The van der Waals surface area contributed by atoms with Crippen LogP contribution in [-0.4, -0.2) is 28.4 Å². The first-order valence-electron chi connectivity index (χ1n) is 6.04. The Balaban J connectivity index is 1.83. The summed E-state index contributed by atoms with van der Waals surface area (Å²) in [5.74, 6) is 0.0291. The number of Topliss-reactive ketones (excluding diaryl/α,β-unsaturated/α-hetero) is 1. The summed E-state index contributed by atoms with van der Waals surface area (Å²) in [6.45, 7) is 5.46. The van der Waals surface area contributed by atoms with Crippen molar-refractivity contribution >= 4 is 11.9 Å². The quantitative estimate of drug-likeness (QED) is 0.660. The van der Waals surface area contributed by atoms with Crippen LogP contribution in [0, 0.1) is 0 Å². The highest BCUT2D eigenvalue weighted by Gasteiger charge is 2.62. The Bertz CT molecular complexity index is 544. The van der Waals surface area contributed by atoms with Gasteiger partial charge in [0.1, 0.15) is 11.6 Å². The molecule has 1 aromatic rings. The van der Waals surface area contributed by atoms with Crippen LogP contribution in [0.3, 0.4) is 0 Å². The number of carbonyl (C=O) groups is 2. The number of fused-ring (bicyclic) bond motifs is 3. The van der Waals surface area contributed by atoms with Crippen molar-refractivity contribution in [2.24, 2.45) is 0 Å². The molecule has 0 spiro atoms. The van der Waals surface area contributed by atoms with E-state index in [2.05, 4.69) is 0 Å². The standard InChI is InChI=1S/C14H15NO3/c1-14(2,3)18-13(17)15-10-8-6-4-5-7-9(8)12(16)11(10)15/h4-7,10-11H,1-3H3. The van der Waals surface area contributed by atoms with E-state index in [0.717, 1.165) is 11.1 Å². The summed E-state index contributed by atoms with van der Waals surface area (Å²) < 4.78 is 5.30. The van der Waals surface area contributed by atoms with Crippen LogP contribution in [0.25, 0.3) is 0 Å². The fourth-order valence-corrected chi connectivity index (χ4v) is 2.50. The lowest BCUT2D eigenvalue weighted by atomic mass is 10.1. The summed E-state index contributed by atoms with van der Waals surface area (Å²) in [5, 5.41) is 0. The van der Waals surface area contributed by atoms with Crippen LogP contribution in [-0.2, 0) is 4.74 Å². The maximum Gasteiger partial charge on any atom is 0.411 e. The normalized spacial score (nSPS) is 24.6. The van der Waals surface area contributed by atoms with Gasteiger partial charge in [0.05, 0.1) is 6.04 Å². The van der Waals surface area contributed by atoms with Crippen LogP contribution < -0.4 is 0 Å². The highest BCUT2D eigenvalue weighted by molar-refractivity contribution is 6.10. The summed E-state index contributed by atoms with van der Waals surface area (Å²) in [5.41, 5.74) is 1.15. The van der Waals surface area contributed by atoms with E-state index in [1.54, 1.807) is 0 Å². The molecule has 2 unspecified atom stereocenters. The summed E-state index contributed by atoms with van der Waals surface area (Å²) in [6, 6.07) is 7.01. The zero-order valence-electron chi connectivity index (χ0n) is 10.6. The number of hydrogen-bond acceptors (Lipinski definition) is 3. The molecule has 94 valence electrons.